The molecular formula is C5H7NO2. The Balaban J connectivity index is 3.69. The third-order valence-electron chi connectivity index (χ3n) is 0.543. The van der Waals surface area contributed by atoms with Crippen molar-refractivity contribution in [2.75, 3.05) is 0 Å². The summed E-state index contributed by atoms with van der Waals surface area (Å²) < 4.78 is 0. The van der Waals surface area contributed by atoms with Gasteiger partial charge < -0.3 is 5.11 Å². The van der Waals surface area contributed by atoms with Gasteiger partial charge >= 0.3 is 0 Å². The zero-order valence-electron chi connectivity index (χ0n) is 4.53. The molecule has 1 amide bonds. The van der Waals surface area contributed by atoms with Crippen LogP contribution in [0.5, 0.6) is 0 Å². The molecule has 0 bridgehead atoms. The van der Waals surface area contributed by atoms with E-state index < -0.39 is 0 Å². The highest BCUT2D eigenvalue weighted by atomic mass is 16.2. The molecule has 0 saturated heterocycles. The molecule has 0 aromatic carbocycles. The molecule has 0 rings (SSSR count). The number of hydrogen-bond acceptors (Lipinski definition) is 2. The highest BCUT2D eigenvalue weighted by Gasteiger charge is 1.75. The topological polar surface area (TPSA) is 49.7 Å². The van der Waals surface area contributed by atoms with Crippen LogP contribution in [0.2, 0.25) is 0 Å². The molecule has 0 spiro atoms. The first-order valence-corrected chi connectivity index (χ1v) is 2.09. The number of amides is 1. The maximum atomic E-state index is 9.52. The summed E-state index contributed by atoms with van der Waals surface area (Å²) in [7, 11) is 0. The first-order valence-electron chi connectivity index (χ1n) is 2.09. The van der Waals surface area contributed by atoms with Gasteiger partial charge in [0, 0.05) is 11.8 Å². The average Bonchev–Trinajstić information content (AvgIpc) is 1.83. The number of allylic oxidation sites excluding steroid dienone is 1. The highest BCUT2D eigenvalue weighted by molar-refractivity contribution is 5.82. The lowest BCUT2D eigenvalue weighted by Gasteiger charge is -1.79. The molecule has 8 heavy (non-hydrogen) atoms. The maximum Gasteiger partial charge on any atom is 0.232 e. The number of carbonyl (C=O) groups is 1. The van der Waals surface area contributed by atoms with Crippen LogP contribution in [-0.2, 0) is 4.79 Å². The van der Waals surface area contributed by atoms with Crippen molar-refractivity contribution in [3.63, 3.8) is 0 Å². The second-order valence-corrected chi connectivity index (χ2v) is 1.26. The third kappa shape index (κ3) is 3.08. The predicted octanol–water partition coefficient (Wildman–Crippen LogP) is 0.675. The van der Waals surface area contributed by atoms with Crippen molar-refractivity contribution in [1.82, 2.24) is 0 Å². The van der Waals surface area contributed by atoms with E-state index in [0.29, 0.717) is 12.0 Å². The minimum absolute atomic E-state index is 0.410. The number of hydrogen-bond donors (Lipinski definition) is 1. The lowest BCUT2D eigenvalue weighted by Crippen LogP contribution is -1.76. The molecule has 0 saturated carbocycles. The molecule has 0 aromatic heterocycles. The Bertz CT molecular complexity index is 126. The maximum absolute atomic E-state index is 9.52. The van der Waals surface area contributed by atoms with E-state index in [1.807, 2.05) is 0 Å². The minimum atomic E-state index is 0.410. The molecule has 3 nitrogen and oxygen atoms in total. The van der Waals surface area contributed by atoms with E-state index in [9.17, 15) is 4.79 Å². The van der Waals surface area contributed by atoms with E-state index in [1.54, 1.807) is 6.92 Å². The molecule has 3 heteroatoms. The van der Waals surface area contributed by atoms with Gasteiger partial charge in [-0.2, -0.15) is 0 Å². The highest BCUT2D eigenvalue weighted by Crippen LogP contribution is 1.81. The van der Waals surface area contributed by atoms with Crippen molar-refractivity contribution in [2.24, 2.45) is 4.99 Å². The molecule has 0 atom stereocenters. The minimum Gasteiger partial charge on any atom is -0.515 e. The summed E-state index contributed by atoms with van der Waals surface area (Å²) in [6, 6.07) is 0. The summed E-state index contributed by atoms with van der Waals surface area (Å²) in [4.78, 5) is 12.7. The van der Waals surface area contributed by atoms with Crippen LogP contribution in [0.3, 0.4) is 0 Å². The lowest BCUT2D eigenvalue weighted by molar-refractivity contribution is -0.106. The zero-order valence-corrected chi connectivity index (χ0v) is 4.53. The van der Waals surface area contributed by atoms with Gasteiger partial charge in [-0.1, -0.05) is 0 Å². The zero-order chi connectivity index (χ0) is 6.41. The van der Waals surface area contributed by atoms with Gasteiger partial charge in [-0.15, -0.1) is 0 Å². The Morgan fingerprint density at radius 1 is 1.75 bits per heavy atom. The summed E-state index contributed by atoms with van der Waals surface area (Å²) in [6.45, 7) is 1.63. The number of carbonyl (C=O) groups excluding carboxylic acids is 1. The second-order valence-electron chi connectivity index (χ2n) is 1.26. The largest absolute Gasteiger partial charge is 0.515 e. The van der Waals surface area contributed by atoms with Crippen molar-refractivity contribution in [3.8, 4) is 0 Å². The summed E-state index contributed by atoms with van der Waals surface area (Å²) in [6.07, 6.45) is 2.56. The summed E-state index contributed by atoms with van der Waals surface area (Å²) in [5.41, 5.74) is 0.553. The normalized spacial score (nSPS) is 12.4. The van der Waals surface area contributed by atoms with Crippen molar-refractivity contribution >= 4 is 12.6 Å². The van der Waals surface area contributed by atoms with Gasteiger partial charge in [-0.25, -0.2) is 4.99 Å². The first-order chi connectivity index (χ1) is 3.81. The monoisotopic (exact) mass is 113 g/mol. The van der Waals surface area contributed by atoms with Gasteiger partial charge in [-0.05, 0) is 6.92 Å². The van der Waals surface area contributed by atoms with E-state index in [4.69, 9.17) is 5.11 Å². The van der Waals surface area contributed by atoms with Gasteiger partial charge in [0.2, 0.25) is 6.41 Å². The lowest BCUT2D eigenvalue weighted by atomic mass is 10.4. The van der Waals surface area contributed by atoms with Gasteiger partial charge in [0.25, 0.3) is 0 Å². The summed E-state index contributed by atoms with van der Waals surface area (Å²) in [5, 5.41) is 8.19. The van der Waals surface area contributed by atoms with Crippen LogP contribution in [0, 0.1) is 0 Å². The number of aliphatic imine (C=N–C) groups is 1. The molecule has 0 aliphatic heterocycles. The fraction of sp³-hybridized carbons (Fsp3) is 0.200. The Labute approximate surface area is 47.4 Å². The van der Waals surface area contributed by atoms with Crippen LogP contribution < -0.4 is 0 Å². The van der Waals surface area contributed by atoms with E-state index in [-0.39, 0.29) is 0 Å². The quantitative estimate of drug-likeness (QED) is 0.325. The Morgan fingerprint density at radius 2 is 2.38 bits per heavy atom. The molecule has 0 aromatic rings. The number of aliphatic hydroxyl groups excluding tert-OH is 1. The van der Waals surface area contributed by atoms with Crippen molar-refractivity contribution in [2.45, 2.75) is 6.92 Å². The average molecular weight is 113 g/mol. The van der Waals surface area contributed by atoms with Crippen LogP contribution in [0.15, 0.2) is 16.8 Å². The Morgan fingerprint density at radius 3 is 2.75 bits per heavy atom. The smallest absolute Gasteiger partial charge is 0.232 e. The number of rotatable bonds is 2. The summed E-state index contributed by atoms with van der Waals surface area (Å²) in [5.74, 6) is 0. The molecule has 0 aliphatic carbocycles. The van der Waals surface area contributed by atoms with E-state index in [1.165, 1.54) is 6.21 Å². The van der Waals surface area contributed by atoms with Crippen molar-refractivity contribution in [3.05, 3.63) is 11.8 Å². The SMILES string of the molecule is C/C(C=NC=O)=C\O. The third-order valence-corrected chi connectivity index (χ3v) is 0.543. The molecule has 44 valence electrons. The van der Waals surface area contributed by atoms with E-state index >= 15 is 0 Å². The molecule has 0 aliphatic rings. The standard InChI is InChI=1S/C5H7NO2/c1-5(3-7)2-6-4-8/h2-4,7H,1H3/b5-3+,6-2?. The van der Waals surface area contributed by atoms with Gasteiger partial charge in [0.1, 0.15) is 0 Å². The van der Waals surface area contributed by atoms with Crippen molar-refractivity contribution < 1.29 is 9.90 Å². The first kappa shape index (κ1) is 6.88. The molecule has 0 heterocycles. The van der Waals surface area contributed by atoms with Gasteiger partial charge in [-0.3, -0.25) is 4.79 Å². The molecular weight excluding hydrogens is 106 g/mol. The fourth-order valence-electron chi connectivity index (χ4n) is 0.181. The molecule has 1 N–H and O–H groups in total. The predicted molar refractivity (Wildman–Crippen MR) is 30.9 cm³/mol. The van der Waals surface area contributed by atoms with E-state index in [0.717, 1.165) is 6.26 Å². The van der Waals surface area contributed by atoms with Crippen LogP contribution in [-0.4, -0.2) is 17.7 Å². The Kier molecular flexibility index (Phi) is 3.48. The van der Waals surface area contributed by atoms with Crippen LogP contribution in [0.25, 0.3) is 0 Å². The molecule has 0 radical (unpaired) electrons. The Hall–Kier alpha value is -1.12. The number of nitrogens with zero attached hydrogens (tertiary/aromatic N) is 1. The van der Waals surface area contributed by atoms with Crippen LogP contribution in [0.4, 0.5) is 0 Å². The fourth-order valence-corrected chi connectivity index (χ4v) is 0.181. The molecule has 0 unspecified atom stereocenters. The molecule has 0 fully saturated rings. The van der Waals surface area contributed by atoms with Crippen molar-refractivity contribution in [1.29, 1.82) is 0 Å². The van der Waals surface area contributed by atoms with E-state index in [2.05, 4.69) is 4.99 Å². The second kappa shape index (κ2) is 4.05. The van der Waals surface area contributed by atoms with Crippen LogP contribution >= 0.6 is 0 Å². The van der Waals surface area contributed by atoms with Crippen LogP contribution in [0.1, 0.15) is 6.92 Å². The summed E-state index contributed by atoms with van der Waals surface area (Å²) >= 11 is 0. The van der Waals surface area contributed by atoms with Gasteiger partial charge in [0.15, 0.2) is 0 Å². The van der Waals surface area contributed by atoms with Gasteiger partial charge in [0.05, 0.1) is 6.26 Å². The number of aliphatic hydroxyl groups is 1.